The monoisotopic (exact) mass is 356 g/mol. The largest absolute Gasteiger partial charge is 0.379 e. The van der Waals surface area contributed by atoms with Crippen LogP contribution in [-0.2, 0) is 4.74 Å². The van der Waals surface area contributed by atoms with Crippen LogP contribution in [0.15, 0.2) is 36.9 Å². The van der Waals surface area contributed by atoms with Crippen LogP contribution < -0.4 is 10.6 Å². The van der Waals surface area contributed by atoms with Gasteiger partial charge in [-0.25, -0.2) is 9.97 Å². The predicted molar refractivity (Wildman–Crippen MR) is 97.9 cm³/mol. The number of hydrogen-bond donors (Lipinski definition) is 2. The molecule has 26 heavy (non-hydrogen) atoms. The van der Waals surface area contributed by atoms with Crippen LogP contribution >= 0.6 is 0 Å². The molecule has 3 rings (SSSR count). The minimum Gasteiger partial charge on any atom is -0.379 e. The topological polar surface area (TPSA) is 92.3 Å². The minimum atomic E-state index is -0.180. The molecule has 1 aliphatic rings. The Hall–Kier alpha value is -2.58. The zero-order valence-electron chi connectivity index (χ0n) is 14.9. The maximum atomic E-state index is 12.5. The first-order valence-electron chi connectivity index (χ1n) is 8.83. The smallest absolute Gasteiger partial charge is 0.254 e. The van der Waals surface area contributed by atoms with E-state index in [0.717, 1.165) is 25.2 Å². The Morgan fingerprint density at radius 1 is 1.23 bits per heavy atom. The van der Waals surface area contributed by atoms with Gasteiger partial charge >= 0.3 is 0 Å². The summed E-state index contributed by atoms with van der Waals surface area (Å²) in [7, 11) is 0. The van der Waals surface area contributed by atoms with Crippen LogP contribution in [0.4, 0.5) is 5.95 Å². The highest BCUT2D eigenvalue weighted by Crippen LogP contribution is 2.20. The van der Waals surface area contributed by atoms with Gasteiger partial charge in [0.25, 0.3) is 5.91 Å². The number of pyridine rings is 1. The number of nitrogens with zero attached hydrogens (tertiary/aromatic N) is 4. The van der Waals surface area contributed by atoms with Crippen LogP contribution in [-0.4, -0.2) is 65.2 Å². The van der Waals surface area contributed by atoms with Gasteiger partial charge in [-0.05, 0) is 24.6 Å². The summed E-state index contributed by atoms with van der Waals surface area (Å²) >= 11 is 0. The summed E-state index contributed by atoms with van der Waals surface area (Å²) in [5, 5.41) is 6.01. The fourth-order valence-electron chi connectivity index (χ4n) is 2.92. The summed E-state index contributed by atoms with van der Waals surface area (Å²) in [5.74, 6) is 0.340. The van der Waals surface area contributed by atoms with Crippen molar-refractivity contribution >= 4 is 11.9 Å². The van der Waals surface area contributed by atoms with Crippen molar-refractivity contribution in [2.24, 2.45) is 0 Å². The van der Waals surface area contributed by atoms with Crippen molar-refractivity contribution in [3.63, 3.8) is 0 Å². The average Bonchev–Trinajstić information content (AvgIpc) is 2.70. The number of amides is 1. The Labute approximate surface area is 153 Å². The van der Waals surface area contributed by atoms with Gasteiger partial charge in [0.05, 0.1) is 24.8 Å². The number of rotatable bonds is 7. The van der Waals surface area contributed by atoms with E-state index in [0.29, 0.717) is 31.3 Å². The molecule has 138 valence electrons. The van der Waals surface area contributed by atoms with Crippen molar-refractivity contribution in [3.05, 3.63) is 48.0 Å². The van der Waals surface area contributed by atoms with E-state index in [2.05, 4.69) is 30.5 Å². The second-order valence-electron chi connectivity index (χ2n) is 5.98. The summed E-state index contributed by atoms with van der Waals surface area (Å²) in [6.07, 6.45) is 6.63. The van der Waals surface area contributed by atoms with E-state index in [1.165, 1.54) is 12.4 Å². The number of carbonyl (C=O) groups excluding carboxylic acids is 1. The normalized spacial score (nSPS) is 16.0. The summed E-state index contributed by atoms with van der Waals surface area (Å²) in [4.78, 5) is 27.2. The van der Waals surface area contributed by atoms with Crippen LogP contribution in [0.3, 0.4) is 0 Å². The minimum absolute atomic E-state index is 0.0767. The van der Waals surface area contributed by atoms with Crippen LogP contribution in [0.1, 0.15) is 28.9 Å². The first-order valence-corrected chi connectivity index (χ1v) is 8.83. The highest BCUT2D eigenvalue weighted by molar-refractivity contribution is 5.93. The average molecular weight is 356 g/mol. The Balaban J connectivity index is 1.65. The maximum absolute atomic E-state index is 12.5. The van der Waals surface area contributed by atoms with Gasteiger partial charge in [0.1, 0.15) is 0 Å². The van der Waals surface area contributed by atoms with E-state index >= 15 is 0 Å². The molecule has 0 radical (unpaired) electrons. The van der Waals surface area contributed by atoms with Crippen molar-refractivity contribution in [1.82, 2.24) is 25.2 Å². The molecule has 1 amide bonds. The van der Waals surface area contributed by atoms with Crippen LogP contribution in [0.25, 0.3) is 0 Å². The molecule has 0 bridgehead atoms. The summed E-state index contributed by atoms with van der Waals surface area (Å²) in [6.45, 7) is 6.28. The van der Waals surface area contributed by atoms with E-state index in [-0.39, 0.29) is 11.9 Å². The number of ether oxygens (including phenoxy) is 1. The first kappa shape index (κ1) is 18.2. The fourth-order valence-corrected chi connectivity index (χ4v) is 2.92. The lowest BCUT2D eigenvalue weighted by Gasteiger charge is -2.34. The molecular formula is C18H24N6O2. The molecule has 2 aromatic heterocycles. The van der Waals surface area contributed by atoms with E-state index in [1.54, 1.807) is 12.4 Å². The van der Waals surface area contributed by atoms with Gasteiger partial charge < -0.3 is 15.4 Å². The molecule has 1 unspecified atom stereocenters. The molecule has 1 saturated heterocycles. The summed E-state index contributed by atoms with van der Waals surface area (Å²) in [5.41, 5.74) is 1.57. The van der Waals surface area contributed by atoms with E-state index < -0.39 is 0 Å². The summed E-state index contributed by atoms with van der Waals surface area (Å²) in [6, 6.07) is 4.05. The third-order valence-corrected chi connectivity index (χ3v) is 4.28. The van der Waals surface area contributed by atoms with Gasteiger partial charge in [-0.3, -0.25) is 14.7 Å². The van der Waals surface area contributed by atoms with Gasteiger partial charge in [-0.1, -0.05) is 0 Å². The molecule has 0 aromatic carbocycles. The number of nitrogens with one attached hydrogen (secondary N) is 2. The van der Waals surface area contributed by atoms with Gasteiger partial charge in [-0.15, -0.1) is 0 Å². The van der Waals surface area contributed by atoms with Crippen molar-refractivity contribution < 1.29 is 9.53 Å². The third-order valence-electron chi connectivity index (χ3n) is 4.28. The second-order valence-corrected chi connectivity index (χ2v) is 5.98. The lowest BCUT2D eigenvalue weighted by molar-refractivity contribution is 0.0162. The first-order chi connectivity index (χ1) is 12.8. The van der Waals surface area contributed by atoms with Crippen LogP contribution in [0.5, 0.6) is 0 Å². The van der Waals surface area contributed by atoms with E-state index in [9.17, 15) is 4.79 Å². The molecule has 0 aliphatic carbocycles. The molecule has 0 saturated carbocycles. The molecule has 1 fully saturated rings. The standard InChI is InChI=1S/C18H24N6O2/c1-2-20-18-22-11-15(12-23-18)17(25)21-13-16(14-3-5-19-6-4-14)24-7-9-26-10-8-24/h3-6,11-12,16H,2,7-10,13H2,1H3,(H,21,25)(H,20,22,23). The third kappa shape index (κ3) is 4.74. The molecule has 0 spiro atoms. The van der Waals surface area contributed by atoms with E-state index in [4.69, 9.17) is 4.74 Å². The molecule has 2 aromatic rings. The number of hydrogen-bond acceptors (Lipinski definition) is 7. The van der Waals surface area contributed by atoms with Crippen molar-refractivity contribution in [1.29, 1.82) is 0 Å². The molecule has 1 aliphatic heterocycles. The lowest BCUT2D eigenvalue weighted by Crippen LogP contribution is -2.43. The number of carbonyl (C=O) groups is 1. The Kier molecular flexibility index (Phi) is 6.45. The second kappa shape index (κ2) is 9.21. The van der Waals surface area contributed by atoms with E-state index in [1.807, 2.05) is 19.1 Å². The van der Waals surface area contributed by atoms with Gasteiger partial charge in [0, 0.05) is 51.0 Å². The maximum Gasteiger partial charge on any atom is 0.254 e. The quantitative estimate of drug-likeness (QED) is 0.768. The molecule has 2 N–H and O–H groups in total. The number of aromatic nitrogens is 3. The summed E-state index contributed by atoms with van der Waals surface area (Å²) < 4.78 is 5.45. The molecule has 8 nitrogen and oxygen atoms in total. The molecule has 1 atom stereocenters. The Morgan fingerprint density at radius 3 is 2.58 bits per heavy atom. The zero-order chi connectivity index (χ0) is 18.2. The highest BCUT2D eigenvalue weighted by atomic mass is 16.5. The lowest BCUT2D eigenvalue weighted by atomic mass is 10.1. The Morgan fingerprint density at radius 2 is 1.92 bits per heavy atom. The van der Waals surface area contributed by atoms with Crippen LogP contribution in [0.2, 0.25) is 0 Å². The predicted octanol–water partition coefficient (Wildman–Crippen LogP) is 1.11. The van der Waals surface area contributed by atoms with Crippen molar-refractivity contribution in [2.45, 2.75) is 13.0 Å². The zero-order valence-corrected chi connectivity index (χ0v) is 14.9. The molecule has 3 heterocycles. The highest BCUT2D eigenvalue weighted by Gasteiger charge is 2.23. The van der Waals surface area contributed by atoms with Crippen molar-refractivity contribution in [2.75, 3.05) is 44.7 Å². The van der Waals surface area contributed by atoms with Gasteiger partial charge in [0.2, 0.25) is 5.95 Å². The van der Waals surface area contributed by atoms with Gasteiger partial charge in [-0.2, -0.15) is 0 Å². The van der Waals surface area contributed by atoms with Crippen molar-refractivity contribution in [3.8, 4) is 0 Å². The van der Waals surface area contributed by atoms with Gasteiger partial charge in [0.15, 0.2) is 0 Å². The number of morpholine rings is 1. The Bertz CT molecular complexity index is 689. The fraction of sp³-hybridized carbons (Fsp3) is 0.444. The SMILES string of the molecule is CCNc1ncc(C(=O)NCC(c2ccncc2)N2CCOCC2)cn1. The number of anilines is 1. The molecular weight excluding hydrogens is 332 g/mol. The molecule has 8 heteroatoms. The van der Waals surface area contributed by atoms with Crippen LogP contribution in [0, 0.1) is 0 Å².